The summed E-state index contributed by atoms with van der Waals surface area (Å²) in [5.74, 6) is -3.75. The molecule has 8 atom stereocenters. The van der Waals surface area contributed by atoms with Gasteiger partial charge in [0, 0.05) is 11.8 Å². The van der Waals surface area contributed by atoms with E-state index in [4.69, 9.17) is 9.47 Å². The van der Waals surface area contributed by atoms with Crippen LogP contribution >= 0.6 is 0 Å². The molecule has 2 saturated carbocycles. The molecule has 1 saturated heterocycles. The fourth-order valence-corrected chi connectivity index (χ4v) is 6.37. The summed E-state index contributed by atoms with van der Waals surface area (Å²) < 4.78 is 12.5. The summed E-state index contributed by atoms with van der Waals surface area (Å²) in [6.07, 6.45) is 2.99. The molecule has 0 radical (unpaired) electrons. The zero-order valence-corrected chi connectivity index (χ0v) is 19.7. The van der Waals surface area contributed by atoms with Crippen LogP contribution in [-0.4, -0.2) is 57.4 Å². The molecule has 3 fully saturated rings. The van der Waals surface area contributed by atoms with Gasteiger partial charge in [0.05, 0.1) is 13.2 Å². The lowest BCUT2D eigenvalue weighted by molar-refractivity contribution is -0.467. The highest BCUT2D eigenvalue weighted by atomic mass is 16.7. The Morgan fingerprint density at radius 1 is 0.767 bits per heavy atom. The zero-order chi connectivity index (χ0) is 22.5. The van der Waals surface area contributed by atoms with Crippen LogP contribution in [0.5, 0.6) is 0 Å². The van der Waals surface area contributed by atoms with Gasteiger partial charge in [-0.3, -0.25) is 0 Å². The highest BCUT2D eigenvalue weighted by molar-refractivity contribution is 5.05. The van der Waals surface area contributed by atoms with Crippen LogP contribution in [-0.2, 0) is 9.47 Å². The van der Waals surface area contributed by atoms with Crippen molar-refractivity contribution in [2.75, 3.05) is 13.2 Å². The van der Waals surface area contributed by atoms with Gasteiger partial charge in [-0.25, -0.2) is 0 Å². The van der Waals surface area contributed by atoms with Crippen LogP contribution in [0.3, 0.4) is 0 Å². The van der Waals surface area contributed by atoms with Crippen LogP contribution in [0.25, 0.3) is 0 Å². The third-order valence-electron chi connectivity index (χ3n) is 7.43. The quantitative estimate of drug-likeness (QED) is 0.549. The minimum absolute atomic E-state index is 0.0716. The second-order valence-electron chi connectivity index (χ2n) is 12.6. The molecule has 8 unspecified atom stereocenters. The van der Waals surface area contributed by atoms with Crippen molar-refractivity contribution in [3.63, 3.8) is 0 Å². The monoisotopic (exact) mass is 428 g/mol. The van der Waals surface area contributed by atoms with Gasteiger partial charge in [-0.15, -0.1) is 0 Å². The van der Waals surface area contributed by atoms with Crippen molar-refractivity contribution in [1.29, 1.82) is 0 Å². The van der Waals surface area contributed by atoms with Gasteiger partial charge in [0.25, 0.3) is 0 Å². The maximum absolute atomic E-state index is 11.7. The molecule has 2 aliphatic carbocycles. The Kier molecular flexibility index (Phi) is 6.73. The Labute approximate surface area is 182 Å². The first kappa shape index (κ1) is 24.4. The summed E-state index contributed by atoms with van der Waals surface area (Å²) in [6, 6.07) is 0. The van der Waals surface area contributed by atoms with Crippen molar-refractivity contribution in [2.45, 2.75) is 104 Å². The van der Waals surface area contributed by atoms with Crippen LogP contribution in [0.15, 0.2) is 0 Å². The van der Waals surface area contributed by atoms with Crippen molar-refractivity contribution in [1.82, 2.24) is 0 Å². The van der Waals surface area contributed by atoms with Crippen molar-refractivity contribution in [3.05, 3.63) is 0 Å². The Bertz CT molecular complexity index is 595. The van der Waals surface area contributed by atoms with E-state index in [2.05, 4.69) is 41.5 Å². The number of hydrogen-bond acceptors (Lipinski definition) is 6. The molecular weight excluding hydrogens is 384 g/mol. The standard InChI is InChI=1S/C24H44O6/c1-21(2,3)11-15-9-17(13-25)23(27)20(10-15)30-24(28)18(14-26)16(12-22(4,5)6)7-8-19(24)29-23/h15-20,25-28H,7-14H2,1-6H3. The smallest absolute Gasteiger partial charge is 0.198 e. The number of hydrogen-bond donors (Lipinski definition) is 4. The lowest BCUT2D eigenvalue weighted by Crippen LogP contribution is -2.72. The van der Waals surface area contributed by atoms with Gasteiger partial charge in [0.2, 0.25) is 0 Å². The van der Waals surface area contributed by atoms with E-state index in [0.717, 1.165) is 19.3 Å². The lowest BCUT2D eigenvalue weighted by Gasteiger charge is -2.60. The second kappa shape index (κ2) is 8.27. The highest BCUT2D eigenvalue weighted by Gasteiger charge is 2.65. The fraction of sp³-hybridized carbons (Fsp3) is 1.00. The molecule has 0 bridgehead atoms. The Morgan fingerprint density at radius 3 is 1.90 bits per heavy atom. The van der Waals surface area contributed by atoms with Gasteiger partial charge in [-0.2, -0.15) is 0 Å². The fourth-order valence-electron chi connectivity index (χ4n) is 6.37. The lowest BCUT2D eigenvalue weighted by atomic mass is 9.65. The van der Waals surface area contributed by atoms with E-state index in [9.17, 15) is 20.4 Å². The zero-order valence-electron chi connectivity index (χ0n) is 19.7. The summed E-state index contributed by atoms with van der Waals surface area (Å²) in [6.45, 7) is 12.7. The van der Waals surface area contributed by atoms with E-state index >= 15 is 0 Å². The predicted octanol–water partition coefficient (Wildman–Crippen LogP) is 3.06. The first-order valence-electron chi connectivity index (χ1n) is 11.7. The molecule has 0 spiro atoms. The number of aliphatic hydroxyl groups is 4. The van der Waals surface area contributed by atoms with E-state index in [-0.39, 0.29) is 35.9 Å². The Balaban J connectivity index is 1.87. The number of rotatable bonds is 4. The third kappa shape index (κ3) is 4.74. The summed E-state index contributed by atoms with van der Waals surface area (Å²) in [7, 11) is 0. The molecule has 0 aromatic rings. The molecule has 0 aromatic carbocycles. The minimum atomic E-state index is -1.62. The molecule has 30 heavy (non-hydrogen) atoms. The molecule has 0 aromatic heterocycles. The van der Waals surface area contributed by atoms with Crippen LogP contribution in [0.2, 0.25) is 0 Å². The average molecular weight is 429 g/mol. The van der Waals surface area contributed by atoms with Crippen molar-refractivity contribution in [3.8, 4) is 0 Å². The van der Waals surface area contributed by atoms with E-state index in [0.29, 0.717) is 19.3 Å². The molecule has 1 heterocycles. The topological polar surface area (TPSA) is 99.4 Å². The summed E-state index contributed by atoms with van der Waals surface area (Å²) in [5, 5.41) is 43.4. The van der Waals surface area contributed by atoms with Crippen molar-refractivity contribution >= 4 is 0 Å². The first-order chi connectivity index (χ1) is 13.7. The Morgan fingerprint density at radius 2 is 1.37 bits per heavy atom. The first-order valence-corrected chi connectivity index (χ1v) is 11.7. The molecule has 6 heteroatoms. The Hall–Kier alpha value is -0.240. The average Bonchev–Trinajstić information content (AvgIpc) is 2.57. The van der Waals surface area contributed by atoms with Gasteiger partial charge >= 0.3 is 0 Å². The van der Waals surface area contributed by atoms with E-state index < -0.39 is 35.6 Å². The maximum atomic E-state index is 11.7. The van der Waals surface area contributed by atoms with Crippen LogP contribution in [0.1, 0.15) is 80.1 Å². The molecule has 3 aliphatic rings. The van der Waals surface area contributed by atoms with Crippen molar-refractivity contribution in [2.24, 2.45) is 34.5 Å². The molecule has 4 N–H and O–H groups in total. The predicted molar refractivity (Wildman–Crippen MR) is 114 cm³/mol. The molecule has 176 valence electrons. The summed E-state index contributed by atoms with van der Waals surface area (Å²) in [4.78, 5) is 0. The van der Waals surface area contributed by atoms with Crippen LogP contribution < -0.4 is 0 Å². The van der Waals surface area contributed by atoms with Crippen molar-refractivity contribution < 1.29 is 29.9 Å². The largest absolute Gasteiger partial charge is 0.396 e. The molecule has 3 rings (SSSR count). The SMILES string of the molecule is CC(C)(C)CC1CC(CO)C2(O)OC3CCC(CC(C)(C)C)C(CO)C3(O)OC2C1. The van der Waals surface area contributed by atoms with E-state index in [1.54, 1.807) is 0 Å². The van der Waals surface area contributed by atoms with Gasteiger partial charge in [0.1, 0.15) is 12.2 Å². The van der Waals surface area contributed by atoms with Gasteiger partial charge in [0.15, 0.2) is 11.6 Å². The summed E-state index contributed by atoms with van der Waals surface area (Å²) in [5.41, 5.74) is 0.188. The second-order valence-corrected chi connectivity index (χ2v) is 12.6. The number of aliphatic hydroxyl groups excluding tert-OH is 2. The van der Waals surface area contributed by atoms with Crippen LogP contribution in [0.4, 0.5) is 0 Å². The van der Waals surface area contributed by atoms with Gasteiger partial charge in [-0.1, -0.05) is 41.5 Å². The number of ether oxygens (including phenoxy) is 2. The minimum Gasteiger partial charge on any atom is -0.396 e. The molecule has 0 amide bonds. The third-order valence-corrected chi connectivity index (χ3v) is 7.43. The molecule has 6 nitrogen and oxygen atoms in total. The van der Waals surface area contributed by atoms with Gasteiger partial charge < -0.3 is 29.9 Å². The van der Waals surface area contributed by atoms with Gasteiger partial charge in [-0.05, 0) is 61.2 Å². The normalized spacial score (nSPS) is 45.0. The van der Waals surface area contributed by atoms with Crippen LogP contribution in [0, 0.1) is 34.5 Å². The molecule has 1 aliphatic heterocycles. The highest BCUT2D eigenvalue weighted by Crippen LogP contribution is 2.54. The van der Waals surface area contributed by atoms with E-state index in [1.807, 2.05) is 0 Å². The number of fused-ring (bicyclic) bond motifs is 2. The summed E-state index contributed by atoms with van der Waals surface area (Å²) >= 11 is 0. The van der Waals surface area contributed by atoms with E-state index in [1.165, 1.54) is 0 Å². The maximum Gasteiger partial charge on any atom is 0.198 e. The molecular formula is C24H44O6.